The number of benzene rings is 2. The molecule has 2 nitrogen and oxygen atoms in total. The van der Waals surface area contributed by atoms with E-state index in [-0.39, 0.29) is 12.3 Å². The molecule has 0 fully saturated rings. The Hall–Kier alpha value is -2.09. The second-order valence-electron chi connectivity index (χ2n) is 4.78. The molecule has 18 heavy (non-hydrogen) atoms. The number of hydrogen-bond acceptors (Lipinski definition) is 1. The third kappa shape index (κ3) is 1.53. The lowest BCUT2D eigenvalue weighted by Gasteiger charge is -2.10. The van der Waals surface area contributed by atoms with Gasteiger partial charge >= 0.3 is 5.97 Å². The van der Waals surface area contributed by atoms with Crippen molar-refractivity contribution >= 4 is 5.97 Å². The first-order chi connectivity index (χ1) is 8.68. The van der Waals surface area contributed by atoms with Crippen molar-refractivity contribution in [1.29, 1.82) is 0 Å². The van der Waals surface area contributed by atoms with Crippen molar-refractivity contribution in [2.75, 3.05) is 0 Å². The summed E-state index contributed by atoms with van der Waals surface area (Å²) >= 11 is 0. The monoisotopic (exact) mass is 238 g/mol. The van der Waals surface area contributed by atoms with Crippen LogP contribution in [0.1, 0.15) is 29.0 Å². The van der Waals surface area contributed by atoms with Crippen molar-refractivity contribution in [3.05, 3.63) is 59.2 Å². The summed E-state index contributed by atoms with van der Waals surface area (Å²) < 4.78 is 0. The fourth-order valence-corrected chi connectivity index (χ4v) is 2.94. The number of rotatable bonds is 2. The Labute approximate surface area is 106 Å². The fourth-order valence-electron chi connectivity index (χ4n) is 2.94. The summed E-state index contributed by atoms with van der Waals surface area (Å²) in [6.07, 6.45) is 0.160. The summed E-state index contributed by atoms with van der Waals surface area (Å²) in [6, 6.07) is 14.3. The van der Waals surface area contributed by atoms with Crippen LogP contribution in [0.2, 0.25) is 0 Å². The van der Waals surface area contributed by atoms with Gasteiger partial charge in [0.25, 0.3) is 0 Å². The smallest absolute Gasteiger partial charge is 0.304 e. The average molecular weight is 238 g/mol. The van der Waals surface area contributed by atoms with Crippen LogP contribution in [0, 0.1) is 6.92 Å². The molecule has 1 N–H and O–H groups in total. The van der Waals surface area contributed by atoms with Gasteiger partial charge in [0.1, 0.15) is 0 Å². The van der Waals surface area contributed by atoms with E-state index in [1.54, 1.807) is 0 Å². The fraction of sp³-hybridized carbons (Fsp3) is 0.188. The molecule has 0 aliphatic heterocycles. The molecule has 0 heterocycles. The Morgan fingerprint density at radius 2 is 1.83 bits per heavy atom. The van der Waals surface area contributed by atoms with Gasteiger partial charge in [-0.1, -0.05) is 42.5 Å². The average Bonchev–Trinajstić information content (AvgIpc) is 2.65. The Balaban J connectivity index is 2.25. The predicted octanol–water partition coefficient (Wildman–Crippen LogP) is 3.58. The molecule has 2 aromatic rings. The zero-order chi connectivity index (χ0) is 12.7. The van der Waals surface area contributed by atoms with Crippen LogP contribution in [-0.4, -0.2) is 11.1 Å². The summed E-state index contributed by atoms with van der Waals surface area (Å²) in [5.41, 5.74) is 5.92. The van der Waals surface area contributed by atoms with Crippen LogP contribution in [0.3, 0.4) is 0 Å². The van der Waals surface area contributed by atoms with E-state index in [9.17, 15) is 4.79 Å². The van der Waals surface area contributed by atoms with E-state index in [0.717, 1.165) is 11.1 Å². The van der Waals surface area contributed by atoms with Crippen LogP contribution in [0.5, 0.6) is 0 Å². The lowest BCUT2D eigenvalue weighted by molar-refractivity contribution is -0.137. The van der Waals surface area contributed by atoms with Gasteiger partial charge in [-0.3, -0.25) is 4.79 Å². The lowest BCUT2D eigenvalue weighted by atomic mass is 9.93. The topological polar surface area (TPSA) is 37.3 Å². The maximum atomic E-state index is 11.1. The van der Waals surface area contributed by atoms with E-state index in [1.807, 2.05) is 24.3 Å². The van der Waals surface area contributed by atoms with E-state index in [0.29, 0.717) is 0 Å². The highest BCUT2D eigenvalue weighted by Crippen LogP contribution is 2.47. The minimum Gasteiger partial charge on any atom is -0.481 e. The van der Waals surface area contributed by atoms with Crippen LogP contribution >= 0.6 is 0 Å². The molecular weight excluding hydrogens is 224 g/mol. The van der Waals surface area contributed by atoms with Gasteiger partial charge in [-0.15, -0.1) is 0 Å². The van der Waals surface area contributed by atoms with Crippen molar-refractivity contribution in [3.8, 4) is 11.1 Å². The van der Waals surface area contributed by atoms with Crippen LogP contribution in [-0.2, 0) is 4.79 Å². The molecule has 0 saturated carbocycles. The van der Waals surface area contributed by atoms with Crippen LogP contribution in [0.25, 0.3) is 11.1 Å². The third-order valence-electron chi connectivity index (χ3n) is 3.66. The standard InChI is InChI=1S/C16H14O2/c1-10-5-4-8-13-14(9-15(17)18)11-6-2-3-7-12(11)16(10)13/h2-8,14H,9H2,1H3,(H,17,18). The maximum Gasteiger partial charge on any atom is 0.304 e. The van der Waals surface area contributed by atoms with E-state index in [1.165, 1.54) is 16.7 Å². The number of fused-ring (bicyclic) bond motifs is 3. The van der Waals surface area contributed by atoms with E-state index in [2.05, 4.69) is 25.1 Å². The number of aryl methyl sites for hydroxylation is 1. The van der Waals surface area contributed by atoms with Gasteiger partial charge in [0.05, 0.1) is 6.42 Å². The first kappa shape index (κ1) is 11.0. The first-order valence-electron chi connectivity index (χ1n) is 6.09. The number of hydrogen-bond donors (Lipinski definition) is 1. The second kappa shape index (κ2) is 3.98. The lowest BCUT2D eigenvalue weighted by Crippen LogP contribution is -2.04. The van der Waals surface area contributed by atoms with Gasteiger partial charge in [-0.25, -0.2) is 0 Å². The molecule has 0 amide bonds. The molecule has 0 bridgehead atoms. The highest BCUT2D eigenvalue weighted by atomic mass is 16.4. The summed E-state index contributed by atoms with van der Waals surface area (Å²) in [5.74, 6) is -0.752. The SMILES string of the molecule is Cc1cccc2c1-c1ccccc1C2CC(=O)O. The van der Waals surface area contributed by atoms with Gasteiger partial charge in [-0.05, 0) is 34.7 Å². The van der Waals surface area contributed by atoms with Crippen LogP contribution in [0.15, 0.2) is 42.5 Å². The normalized spacial score (nSPS) is 16.2. The molecule has 0 spiro atoms. The predicted molar refractivity (Wildman–Crippen MR) is 70.7 cm³/mol. The van der Waals surface area contributed by atoms with Crippen molar-refractivity contribution in [1.82, 2.24) is 0 Å². The molecule has 0 saturated heterocycles. The van der Waals surface area contributed by atoms with Gasteiger partial charge in [0, 0.05) is 5.92 Å². The van der Waals surface area contributed by atoms with Crippen molar-refractivity contribution < 1.29 is 9.90 Å². The van der Waals surface area contributed by atoms with Crippen molar-refractivity contribution in [2.45, 2.75) is 19.3 Å². The number of carbonyl (C=O) groups is 1. The quantitative estimate of drug-likeness (QED) is 0.868. The Morgan fingerprint density at radius 3 is 2.61 bits per heavy atom. The highest BCUT2D eigenvalue weighted by molar-refractivity contribution is 5.83. The van der Waals surface area contributed by atoms with Crippen LogP contribution < -0.4 is 0 Å². The number of carboxylic acids is 1. The minimum atomic E-state index is -0.746. The van der Waals surface area contributed by atoms with E-state index >= 15 is 0 Å². The molecule has 2 aromatic carbocycles. The van der Waals surface area contributed by atoms with Gasteiger partial charge < -0.3 is 5.11 Å². The zero-order valence-electron chi connectivity index (χ0n) is 10.2. The van der Waals surface area contributed by atoms with Gasteiger partial charge in [0.2, 0.25) is 0 Å². The summed E-state index contributed by atoms with van der Waals surface area (Å²) in [4.78, 5) is 11.1. The molecule has 90 valence electrons. The van der Waals surface area contributed by atoms with E-state index < -0.39 is 5.97 Å². The summed E-state index contributed by atoms with van der Waals surface area (Å²) in [7, 11) is 0. The number of carboxylic acid groups (broad SMARTS) is 1. The van der Waals surface area contributed by atoms with Crippen molar-refractivity contribution in [2.24, 2.45) is 0 Å². The minimum absolute atomic E-state index is 0.00593. The molecule has 1 unspecified atom stereocenters. The van der Waals surface area contributed by atoms with E-state index in [4.69, 9.17) is 5.11 Å². The number of aliphatic carboxylic acids is 1. The largest absolute Gasteiger partial charge is 0.481 e. The Morgan fingerprint density at radius 1 is 1.11 bits per heavy atom. The van der Waals surface area contributed by atoms with Gasteiger partial charge in [-0.2, -0.15) is 0 Å². The summed E-state index contributed by atoms with van der Waals surface area (Å²) in [5, 5.41) is 9.09. The molecule has 1 atom stereocenters. The first-order valence-corrected chi connectivity index (χ1v) is 6.09. The molecule has 1 aliphatic rings. The Kier molecular flexibility index (Phi) is 2.44. The van der Waals surface area contributed by atoms with Gasteiger partial charge in [0.15, 0.2) is 0 Å². The zero-order valence-corrected chi connectivity index (χ0v) is 10.2. The summed E-state index contributed by atoms with van der Waals surface area (Å²) in [6.45, 7) is 2.08. The second-order valence-corrected chi connectivity index (χ2v) is 4.78. The highest BCUT2D eigenvalue weighted by Gasteiger charge is 2.30. The molecule has 0 radical (unpaired) electrons. The molecule has 0 aromatic heterocycles. The molecule has 3 rings (SSSR count). The third-order valence-corrected chi connectivity index (χ3v) is 3.66. The van der Waals surface area contributed by atoms with Crippen LogP contribution in [0.4, 0.5) is 0 Å². The molecule has 2 heteroatoms. The molecule has 1 aliphatic carbocycles. The Bertz CT molecular complexity index is 629. The molecular formula is C16H14O2. The van der Waals surface area contributed by atoms with Crippen molar-refractivity contribution in [3.63, 3.8) is 0 Å². The maximum absolute atomic E-state index is 11.1.